The van der Waals surface area contributed by atoms with Crippen molar-refractivity contribution in [2.24, 2.45) is 0 Å². The molecule has 1 heterocycles. The molecule has 0 atom stereocenters. The van der Waals surface area contributed by atoms with Gasteiger partial charge >= 0.3 is 0 Å². The van der Waals surface area contributed by atoms with Gasteiger partial charge < -0.3 is 5.32 Å². The van der Waals surface area contributed by atoms with Crippen LogP contribution in [-0.2, 0) is 11.2 Å². The average molecular weight is 344 g/mol. The first-order chi connectivity index (χ1) is 12.5. The van der Waals surface area contributed by atoms with Crippen molar-refractivity contribution in [1.82, 2.24) is 4.90 Å². The van der Waals surface area contributed by atoms with Gasteiger partial charge in [0.25, 0.3) is 11.8 Å². The van der Waals surface area contributed by atoms with Crippen molar-refractivity contribution in [3.05, 3.63) is 77.4 Å². The van der Waals surface area contributed by atoms with E-state index in [-0.39, 0.29) is 24.1 Å². The fraction of sp³-hybridized carbons (Fsp3) is 0.0952. The van der Waals surface area contributed by atoms with E-state index in [1.54, 1.807) is 18.2 Å². The molecule has 1 aliphatic rings. The van der Waals surface area contributed by atoms with E-state index in [9.17, 15) is 14.4 Å². The topological polar surface area (TPSA) is 66.5 Å². The second-order valence-electron chi connectivity index (χ2n) is 6.29. The van der Waals surface area contributed by atoms with Crippen molar-refractivity contribution in [3.63, 3.8) is 0 Å². The highest BCUT2D eigenvalue weighted by molar-refractivity contribution is 6.21. The Balaban J connectivity index is 1.56. The standard InChI is InChI=1S/C21H16N2O3/c1-23-20(25)17-10-9-15(12-18(17)21(23)26)22-19(24)11-14-7-4-6-13-5-2-3-8-16(13)14/h2-10,12H,11H2,1H3,(H,22,24). The number of benzene rings is 3. The van der Waals surface area contributed by atoms with E-state index in [1.165, 1.54) is 7.05 Å². The quantitative estimate of drug-likeness (QED) is 0.742. The predicted octanol–water partition coefficient (Wildman–Crippen LogP) is 3.25. The number of nitrogens with zero attached hydrogens (tertiary/aromatic N) is 1. The molecule has 1 N–H and O–H groups in total. The van der Waals surface area contributed by atoms with Crippen LogP contribution in [0.2, 0.25) is 0 Å². The van der Waals surface area contributed by atoms with Crippen molar-refractivity contribution >= 4 is 34.2 Å². The monoisotopic (exact) mass is 344 g/mol. The van der Waals surface area contributed by atoms with E-state index >= 15 is 0 Å². The van der Waals surface area contributed by atoms with Gasteiger partial charge in [0, 0.05) is 12.7 Å². The van der Waals surface area contributed by atoms with Crippen LogP contribution in [0.25, 0.3) is 10.8 Å². The minimum absolute atomic E-state index is 0.175. The largest absolute Gasteiger partial charge is 0.326 e. The van der Waals surface area contributed by atoms with Crippen LogP contribution in [0, 0.1) is 0 Å². The second kappa shape index (κ2) is 6.11. The summed E-state index contributed by atoms with van der Waals surface area (Å²) in [6.07, 6.45) is 0.227. The highest BCUT2D eigenvalue weighted by Gasteiger charge is 2.32. The molecule has 3 amide bonds. The van der Waals surface area contributed by atoms with E-state index in [4.69, 9.17) is 0 Å². The summed E-state index contributed by atoms with van der Waals surface area (Å²) in [6.45, 7) is 0. The maximum atomic E-state index is 12.5. The van der Waals surface area contributed by atoms with E-state index in [2.05, 4.69) is 5.32 Å². The lowest BCUT2D eigenvalue weighted by Gasteiger charge is -2.08. The Kier molecular flexibility index (Phi) is 3.77. The highest BCUT2D eigenvalue weighted by Crippen LogP contribution is 2.25. The van der Waals surface area contributed by atoms with Crippen molar-refractivity contribution in [2.45, 2.75) is 6.42 Å². The van der Waals surface area contributed by atoms with E-state index in [0.29, 0.717) is 16.8 Å². The molecule has 4 rings (SSSR count). The van der Waals surface area contributed by atoms with Crippen molar-refractivity contribution < 1.29 is 14.4 Å². The summed E-state index contributed by atoms with van der Waals surface area (Å²) in [6, 6.07) is 18.6. The van der Waals surface area contributed by atoms with E-state index < -0.39 is 0 Å². The second-order valence-corrected chi connectivity index (χ2v) is 6.29. The Morgan fingerprint density at radius 3 is 2.50 bits per heavy atom. The first-order valence-electron chi connectivity index (χ1n) is 8.27. The summed E-state index contributed by atoms with van der Waals surface area (Å²) in [5.41, 5.74) is 2.13. The summed E-state index contributed by atoms with van der Waals surface area (Å²) < 4.78 is 0. The summed E-state index contributed by atoms with van der Waals surface area (Å²) in [4.78, 5) is 37.5. The molecule has 26 heavy (non-hydrogen) atoms. The maximum absolute atomic E-state index is 12.5. The maximum Gasteiger partial charge on any atom is 0.261 e. The van der Waals surface area contributed by atoms with Crippen LogP contribution in [-0.4, -0.2) is 29.7 Å². The van der Waals surface area contributed by atoms with Gasteiger partial charge in [0.2, 0.25) is 5.91 Å². The van der Waals surface area contributed by atoms with E-state index in [0.717, 1.165) is 21.2 Å². The van der Waals surface area contributed by atoms with Crippen molar-refractivity contribution in [1.29, 1.82) is 0 Å². The van der Waals surface area contributed by atoms with Gasteiger partial charge in [0.1, 0.15) is 0 Å². The smallest absolute Gasteiger partial charge is 0.261 e. The Hall–Kier alpha value is -3.47. The SMILES string of the molecule is CN1C(=O)c2ccc(NC(=O)Cc3cccc4ccccc34)cc2C1=O. The first kappa shape index (κ1) is 16.0. The molecule has 0 saturated heterocycles. The number of amides is 3. The molecule has 0 aromatic heterocycles. The van der Waals surface area contributed by atoms with Gasteiger partial charge in [-0.2, -0.15) is 0 Å². The third kappa shape index (κ3) is 2.63. The van der Waals surface area contributed by atoms with Crippen LogP contribution >= 0.6 is 0 Å². The molecule has 0 spiro atoms. The molecule has 3 aromatic carbocycles. The molecule has 128 valence electrons. The lowest BCUT2D eigenvalue weighted by atomic mass is 10.0. The molecular formula is C21H16N2O3. The van der Waals surface area contributed by atoms with Gasteiger partial charge in [0.05, 0.1) is 17.5 Å². The fourth-order valence-electron chi connectivity index (χ4n) is 3.26. The molecule has 0 bridgehead atoms. The Morgan fingerprint density at radius 1 is 0.923 bits per heavy atom. The van der Waals surface area contributed by atoms with Crippen LogP contribution in [0.1, 0.15) is 26.3 Å². The fourth-order valence-corrected chi connectivity index (χ4v) is 3.26. The van der Waals surface area contributed by atoms with E-state index in [1.807, 2.05) is 42.5 Å². The van der Waals surface area contributed by atoms with Crippen molar-refractivity contribution in [2.75, 3.05) is 12.4 Å². The molecular weight excluding hydrogens is 328 g/mol. The number of nitrogens with one attached hydrogen (secondary N) is 1. The number of fused-ring (bicyclic) bond motifs is 2. The van der Waals surface area contributed by atoms with Gasteiger partial charge in [-0.05, 0) is 34.5 Å². The number of anilines is 1. The third-order valence-corrected chi connectivity index (χ3v) is 4.60. The predicted molar refractivity (Wildman–Crippen MR) is 99.1 cm³/mol. The number of carbonyl (C=O) groups excluding carboxylic acids is 3. The molecule has 5 heteroatoms. The summed E-state index contributed by atoms with van der Waals surface area (Å²) in [5, 5.41) is 4.94. The number of imide groups is 1. The molecule has 3 aromatic rings. The molecule has 1 aliphatic heterocycles. The number of hydrogen-bond acceptors (Lipinski definition) is 3. The van der Waals surface area contributed by atoms with Gasteiger partial charge in [-0.15, -0.1) is 0 Å². The van der Waals surface area contributed by atoms with Crippen LogP contribution in [0.15, 0.2) is 60.7 Å². The summed E-state index contributed by atoms with van der Waals surface area (Å²) in [7, 11) is 1.45. The van der Waals surface area contributed by atoms with Crippen molar-refractivity contribution in [3.8, 4) is 0 Å². The van der Waals surface area contributed by atoms with Gasteiger partial charge in [-0.1, -0.05) is 42.5 Å². The lowest BCUT2D eigenvalue weighted by Crippen LogP contribution is -2.24. The molecule has 0 unspecified atom stereocenters. The molecule has 0 fully saturated rings. The molecule has 0 saturated carbocycles. The zero-order valence-corrected chi connectivity index (χ0v) is 14.2. The van der Waals surface area contributed by atoms with Gasteiger partial charge in [-0.3, -0.25) is 19.3 Å². The molecule has 5 nitrogen and oxygen atoms in total. The first-order valence-corrected chi connectivity index (χ1v) is 8.27. The van der Waals surface area contributed by atoms with Gasteiger partial charge in [-0.25, -0.2) is 0 Å². The highest BCUT2D eigenvalue weighted by atomic mass is 16.2. The zero-order chi connectivity index (χ0) is 18.3. The minimum atomic E-state index is -0.352. The van der Waals surface area contributed by atoms with Gasteiger partial charge in [0.15, 0.2) is 0 Å². The van der Waals surface area contributed by atoms with Crippen LogP contribution in [0.5, 0.6) is 0 Å². The minimum Gasteiger partial charge on any atom is -0.326 e. The molecule has 0 aliphatic carbocycles. The number of hydrogen-bond donors (Lipinski definition) is 1. The van der Waals surface area contributed by atoms with Crippen LogP contribution in [0.4, 0.5) is 5.69 Å². The summed E-state index contributed by atoms with van der Waals surface area (Å²) in [5.74, 6) is -0.847. The molecule has 0 radical (unpaired) electrons. The zero-order valence-electron chi connectivity index (χ0n) is 14.2. The summed E-state index contributed by atoms with van der Waals surface area (Å²) >= 11 is 0. The number of rotatable bonds is 3. The third-order valence-electron chi connectivity index (χ3n) is 4.60. The Labute approximate surface area is 150 Å². The number of carbonyl (C=O) groups is 3. The van der Waals surface area contributed by atoms with Crippen LogP contribution < -0.4 is 5.32 Å². The normalized spacial score (nSPS) is 13.2. The lowest BCUT2D eigenvalue weighted by molar-refractivity contribution is -0.115. The van der Waals surface area contributed by atoms with Crippen LogP contribution in [0.3, 0.4) is 0 Å². The Bertz CT molecular complexity index is 1070. The Morgan fingerprint density at radius 2 is 1.65 bits per heavy atom. The average Bonchev–Trinajstić information content (AvgIpc) is 2.86.